The smallest absolute Gasteiger partial charge is 0.155 e. The summed E-state index contributed by atoms with van der Waals surface area (Å²) in [6.07, 6.45) is 3.06. The van der Waals surface area contributed by atoms with Crippen LogP contribution in [-0.2, 0) is 13.5 Å². The van der Waals surface area contributed by atoms with Crippen LogP contribution in [0.4, 0.5) is 0 Å². The highest BCUT2D eigenvalue weighted by molar-refractivity contribution is 5.85. The van der Waals surface area contributed by atoms with Gasteiger partial charge in [-0.25, -0.2) is 4.98 Å². The number of ether oxygens (including phenoxy) is 1. The zero-order chi connectivity index (χ0) is 19.0. The molecule has 1 saturated carbocycles. The van der Waals surface area contributed by atoms with E-state index in [1.165, 1.54) is 0 Å². The van der Waals surface area contributed by atoms with Crippen molar-refractivity contribution in [1.82, 2.24) is 24.5 Å². The summed E-state index contributed by atoms with van der Waals surface area (Å²) in [7, 11) is 3.53. The van der Waals surface area contributed by atoms with Crippen molar-refractivity contribution in [1.29, 1.82) is 0 Å². The fourth-order valence-electron chi connectivity index (χ4n) is 3.73. The molecule has 0 amide bonds. The van der Waals surface area contributed by atoms with Crippen LogP contribution < -0.4 is 10.5 Å². The Morgan fingerprint density at radius 2 is 2.04 bits per heavy atom. The first kappa shape index (κ1) is 20.3. The molecule has 3 aromatic rings. The average Bonchev–Trinajstić information content (AvgIpc) is 3.35. The number of nitrogens with two attached hydrogens (primary N) is 1. The summed E-state index contributed by atoms with van der Waals surface area (Å²) in [5.41, 5.74) is 7.06. The number of aromatic nitrogens is 5. The Morgan fingerprint density at radius 3 is 2.68 bits per heavy atom. The second-order valence-electron chi connectivity index (χ2n) is 7.00. The van der Waals surface area contributed by atoms with Crippen molar-refractivity contribution in [2.75, 3.05) is 7.11 Å². The van der Waals surface area contributed by atoms with Gasteiger partial charge < -0.3 is 15.6 Å². The summed E-state index contributed by atoms with van der Waals surface area (Å²) in [5.74, 6) is 3.22. The van der Waals surface area contributed by atoms with Crippen LogP contribution in [0.25, 0.3) is 5.82 Å². The number of rotatable bonds is 5. The predicted molar refractivity (Wildman–Crippen MR) is 107 cm³/mol. The maximum atomic E-state index is 10.1. The topological polar surface area (TPSA) is 104 Å². The van der Waals surface area contributed by atoms with Crippen molar-refractivity contribution in [3.05, 3.63) is 53.7 Å². The maximum absolute atomic E-state index is 10.1. The molecule has 9 heteroatoms. The van der Waals surface area contributed by atoms with Crippen LogP contribution >= 0.6 is 12.4 Å². The first-order chi connectivity index (χ1) is 13.1. The normalized spacial score (nSPS) is 21.5. The second kappa shape index (κ2) is 8.30. The third kappa shape index (κ3) is 3.76. The van der Waals surface area contributed by atoms with E-state index in [1.54, 1.807) is 18.0 Å². The van der Waals surface area contributed by atoms with Gasteiger partial charge in [0.25, 0.3) is 0 Å². The Balaban J connectivity index is 0.00000225. The van der Waals surface area contributed by atoms with Crippen molar-refractivity contribution >= 4 is 12.4 Å². The third-order valence-electron chi connectivity index (χ3n) is 5.17. The molecule has 0 saturated heterocycles. The highest BCUT2D eigenvalue weighted by atomic mass is 35.5. The SMILES string of the molecule is COc1ccccc1Cc1nc([C@H]2C[C@H](N)[C@@H](O)C2)n(-c2ccnn2C)n1.Cl. The molecule has 3 N–H and O–H groups in total. The van der Waals surface area contributed by atoms with Gasteiger partial charge in [-0.1, -0.05) is 18.2 Å². The summed E-state index contributed by atoms with van der Waals surface area (Å²) in [6, 6.07) is 9.53. The van der Waals surface area contributed by atoms with Crippen molar-refractivity contribution in [2.24, 2.45) is 12.8 Å². The van der Waals surface area contributed by atoms with E-state index in [0.29, 0.717) is 25.1 Å². The second-order valence-corrected chi connectivity index (χ2v) is 7.00. The molecule has 2 aromatic heterocycles. The number of para-hydroxylation sites is 1. The number of nitrogens with zero attached hydrogens (tertiary/aromatic N) is 5. The molecule has 0 spiro atoms. The van der Waals surface area contributed by atoms with Gasteiger partial charge in [-0.3, -0.25) is 4.68 Å². The Morgan fingerprint density at radius 1 is 1.25 bits per heavy atom. The molecular weight excluding hydrogens is 380 g/mol. The van der Waals surface area contributed by atoms with Gasteiger partial charge >= 0.3 is 0 Å². The van der Waals surface area contributed by atoms with Gasteiger partial charge in [0, 0.05) is 37.1 Å². The van der Waals surface area contributed by atoms with E-state index in [2.05, 4.69) is 5.10 Å². The highest BCUT2D eigenvalue weighted by Crippen LogP contribution is 2.34. The zero-order valence-corrected chi connectivity index (χ0v) is 16.7. The molecule has 1 aliphatic carbocycles. The van der Waals surface area contributed by atoms with Crippen molar-refractivity contribution in [3.63, 3.8) is 0 Å². The van der Waals surface area contributed by atoms with E-state index in [1.807, 2.05) is 42.1 Å². The Labute approximate surface area is 169 Å². The molecule has 1 aliphatic rings. The van der Waals surface area contributed by atoms with Gasteiger partial charge in [-0.05, 0) is 18.9 Å². The molecule has 150 valence electrons. The Kier molecular flexibility index (Phi) is 6.02. The van der Waals surface area contributed by atoms with Crippen molar-refractivity contribution < 1.29 is 9.84 Å². The van der Waals surface area contributed by atoms with Gasteiger partial charge in [0.2, 0.25) is 0 Å². The molecule has 1 fully saturated rings. The van der Waals surface area contributed by atoms with Gasteiger partial charge in [-0.2, -0.15) is 9.78 Å². The molecule has 0 radical (unpaired) electrons. The van der Waals surface area contributed by atoms with Gasteiger partial charge in [0.1, 0.15) is 11.6 Å². The largest absolute Gasteiger partial charge is 0.496 e. The van der Waals surface area contributed by atoms with Gasteiger partial charge in [0.05, 0.1) is 19.4 Å². The Bertz CT molecular complexity index is 930. The minimum atomic E-state index is -0.510. The van der Waals surface area contributed by atoms with Crippen LogP contribution in [0.5, 0.6) is 5.75 Å². The van der Waals surface area contributed by atoms with E-state index < -0.39 is 6.10 Å². The minimum absolute atomic E-state index is 0. The van der Waals surface area contributed by atoms with Crippen LogP contribution in [0, 0.1) is 0 Å². The summed E-state index contributed by atoms with van der Waals surface area (Å²) in [6.45, 7) is 0. The fourth-order valence-corrected chi connectivity index (χ4v) is 3.73. The lowest BCUT2D eigenvalue weighted by Crippen LogP contribution is -2.28. The van der Waals surface area contributed by atoms with Crippen LogP contribution in [-0.4, -0.2) is 48.9 Å². The highest BCUT2D eigenvalue weighted by Gasteiger charge is 2.35. The molecular formula is C19H25ClN6O2. The molecule has 3 atom stereocenters. The van der Waals surface area contributed by atoms with Crippen molar-refractivity contribution in [3.8, 4) is 11.6 Å². The molecule has 28 heavy (non-hydrogen) atoms. The standard InChI is InChI=1S/C19H24N6O2.ClH/c1-24-18(7-8-21-24)25-19(13-9-14(20)15(26)10-13)22-17(23-25)11-12-5-3-4-6-16(12)27-2;/h3-8,13-15,26H,9-11,20H2,1-2H3;1H/t13-,14-,15-;/m0./s1. The summed E-state index contributed by atoms with van der Waals surface area (Å²) in [4.78, 5) is 4.82. The number of halogens is 1. The van der Waals surface area contributed by atoms with E-state index in [9.17, 15) is 5.11 Å². The number of aliphatic hydroxyl groups excluding tert-OH is 1. The lowest BCUT2D eigenvalue weighted by atomic mass is 10.1. The number of benzene rings is 1. The number of aryl methyl sites for hydroxylation is 1. The lowest BCUT2D eigenvalue weighted by molar-refractivity contribution is 0.163. The molecule has 0 unspecified atom stereocenters. The first-order valence-corrected chi connectivity index (χ1v) is 9.06. The van der Waals surface area contributed by atoms with E-state index in [-0.39, 0.29) is 24.4 Å². The summed E-state index contributed by atoms with van der Waals surface area (Å²) < 4.78 is 9.03. The molecule has 4 rings (SSSR count). The van der Waals surface area contributed by atoms with Crippen LogP contribution in [0.3, 0.4) is 0 Å². The predicted octanol–water partition coefficient (Wildman–Crippen LogP) is 1.59. The zero-order valence-electron chi connectivity index (χ0n) is 15.9. The molecule has 8 nitrogen and oxygen atoms in total. The average molecular weight is 405 g/mol. The van der Waals surface area contributed by atoms with E-state index in [0.717, 1.165) is 23.0 Å². The molecule has 0 bridgehead atoms. The first-order valence-electron chi connectivity index (χ1n) is 9.06. The monoisotopic (exact) mass is 404 g/mol. The Hall–Kier alpha value is -2.42. The number of hydrogen-bond donors (Lipinski definition) is 2. The number of methoxy groups -OCH3 is 1. The van der Waals surface area contributed by atoms with Crippen LogP contribution in [0.2, 0.25) is 0 Å². The van der Waals surface area contributed by atoms with Gasteiger partial charge in [0.15, 0.2) is 11.6 Å². The summed E-state index contributed by atoms with van der Waals surface area (Å²) >= 11 is 0. The fraction of sp³-hybridized carbons (Fsp3) is 0.421. The molecule has 2 heterocycles. The quantitative estimate of drug-likeness (QED) is 0.669. The van der Waals surface area contributed by atoms with Gasteiger partial charge in [-0.15, -0.1) is 17.5 Å². The summed E-state index contributed by atoms with van der Waals surface area (Å²) in [5, 5.41) is 19.1. The maximum Gasteiger partial charge on any atom is 0.155 e. The number of hydrogen-bond acceptors (Lipinski definition) is 6. The van der Waals surface area contributed by atoms with E-state index >= 15 is 0 Å². The molecule has 1 aromatic carbocycles. The van der Waals surface area contributed by atoms with E-state index in [4.69, 9.17) is 20.6 Å². The third-order valence-corrected chi connectivity index (χ3v) is 5.17. The van der Waals surface area contributed by atoms with Crippen LogP contribution in [0.15, 0.2) is 36.5 Å². The number of aliphatic hydroxyl groups is 1. The minimum Gasteiger partial charge on any atom is -0.496 e. The van der Waals surface area contributed by atoms with Crippen molar-refractivity contribution in [2.45, 2.75) is 37.3 Å². The molecule has 0 aliphatic heterocycles. The lowest BCUT2D eigenvalue weighted by Gasteiger charge is -2.10. The van der Waals surface area contributed by atoms with Crippen LogP contribution in [0.1, 0.15) is 36.0 Å².